The molecular weight excluding hydrogens is 204 g/mol. The highest BCUT2D eigenvalue weighted by atomic mass is 35.5. The first-order chi connectivity index (χ1) is 6.72. The van der Waals surface area contributed by atoms with E-state index >= 15 is 0 Å². The van der Waals surface area contributed by atoms with E-state index in [9.17, 15) is 4.79 Å². The number of urea groups is 1. The van der Waals surface area contributed by atoms with Gasteiger partial charge in [0.05, 0.1) is 0 Å². The second-order valence-corrected chi connectivity index (χ2v) is 2.75. The Bertz CT molecular complexity index is 325. The molecule has 1 heterocycles. The van der Waals surface area contributed by atoms with E-state index in [1.807, 2.05) is 0 Å². The lowest BCUT2D eigenvalue weighted by atomic mass is 10.5. The van der Waals surface area contributed by atoms with E-state index in [0.717, 1.165) is 0 Å². The third-order valence-electron chi connectivity index (χ3n) is 1.28. The molecule has 0 fully saturated rings. The van der Waals surface area contributed by atoms with Crippen LogP contribution >= 0.6 is 11.6 Å². The fourth-order valence-electron chi connectivity index (χ4n) is 0.708. The minimum absolute atomic E-state index is 0.280. The Balaban J connectivity index is 2.47. The number of rotatable bonds is 3. The van der Waals surface area contributed by atoms with Gasteiger partial charge < -0.3 is 5.32 Å². The molecule has 0 unspecified atom stereocenters. The highest BCUT2D eigenvalue weighted by Crippen LogP contribution is 2.05. The summed E-state index contributed by atoms with van der Waals surface area (Å²) in [5, 5.41) is 12.5. The third kappa shape index (κ3) is 3.40. The van der Waals surface area contributed by atoms with Crippen LogP contribution in [0.25, 0.3) is 0 Å². The topological polar surface area (TPSA) is 66.9 Å². The van der Waals surface area contributed by atoms with Crippen LogP contribution in [-0.2, 0) is 0 Å². The van der Waals surface area contributed by atoms with Crippen molar-refractivity contribution in [1.82, 2.24) is 15.5 Å². The third-order valence-corrected chi connectivity index (χ3v) is 1.48. The molecule has 0 saturated heterocycles. The smallest absolute Gasteiger partial charge is 0.320 e. The number of nitrogens with zero attached hydrogens (tertiary/aromatic N) is 2. The zero-order chi connectivity index (χ0) is 10.4. The largest absolute Gasteiger partial charge is 0.334 e. The number of nitrogens with one attached hydrogen (secondary N) is 2. The minimum Gasteiger partial charge on any atom is -0.334 e. The van der Waals surface area contributed by atoms with E-state index < -0.39 is 0 Å². The van der Waals surface area contributed by atoms with Crippen molar-refractivity contribution in [2.24, 2.45) is 0 Å². The van der Waals surface area contributed by atoms with Crippen molar-refractivity contribution < 1.29 is 4.79 Å². The van der Waals surface area contributed by atoms with Gasteiger partial charge in [0, 0.05) is 6.54 Å². The fourth-order valence-corrected chi connectivity index (χ4v) is 0.809. The van der Waals surface area contributed by atoms with Gasteiger partial charge in [-0.1, -0.05) is 17.7 Å². The van der Waals surface area contributed by atoms with Crippen LogP contribution in [0.5, 0.6) is 0 Å². The first-order valence-corrected chi connectivity index (χ1v) is 4.25. The van der Waals surface area contributed by atoms with E-state index in [1.165, 1.54) is 6.07 Å². The van der Waals surface area contributed by atoms with Crippen LogP contribution in [0.2, 0.25) is 5.15 Å². The number of hydrogen-bond donors (Lipinski definition) is 2. The van der Waals surface area contributed by atoms with Gasteiger partial charge in [-0.3, -0.25) is 5.32 Å². The predicted octanol–water partition coefficient (Wildman–Crippen LogP) is 1.44. The van der Waals surface area contributed by atoms with Crippen molar-refractivity contribution in [2.45, 2.75) is 0 Å². The Morgan fingerprint density at radius 3 is 2.93 bits per heavy atom. The van der Waals surface area contributed by atoms with Crippen molar-refractivity contribution in [2.75, 3.05) is 11.9 Å². The first-order valence-electron chi connectivity index (χ1n) is 3.87. The standard InChI is InChI=1S/C8H9ClN4O/c1-2-5-10-8(14)11-7-4-3-6(9)12-13-7/h2-4H,1,5H2,(H2,10,11,13,14). The molecule has 0 saturated carbocycles. The van der Waals surface area contributed by atoms with E-state index in [0.29, 0.717) is 12.4 Å². The number of carbonyl (C=O) groups is 1. The number of amides is 2. The van der Waals surface area contributed by atoms with Gasteiger partial charge in [0.25, 0.3) is 0 Å². The zero-order valence-electron chi connectivity index (χ0n) is 7.33. The van der Waals surface area contributed by atoms with Gasteiger partial charge in [-0.2, -0.15) is 0 Å². The van der Waals surface area contributed by atoms with E-state index in [-0.39, 0.29) is 11.2 Å². The molecule has 5 nitrogen and oxygen atoms in total. The van der Waals surface area contributed by atoms with Crippen LogP contribution in [0, 0.1) is 0 Å². The molecule has 0 bridgehead atoms. The molecule has 0 aliphatic heterocycles. The molecule has 2 N–H and O–H groups in total. The van der Waals surface area contributed by atoms with Gasteiger partial charge in [-0.05, 0) is 12.1 Å². The molecule has 0 aliphatic carbocycles. The molecule has 1 aromatic heterocycles. The summed E-state index contributed by atoms with van der Waals surface area (Å²) in [5.74, 6) is 0.343. The quantitative estimate of drug-likeness (QED) is 0.745. The average Bonchev–Trinajstić information content (AvgIpc) is 2.18. The summed E-state index contributed by atoms with van der Waals surface area (Å²) >= 11 is 5.52. The maximum Gasteiger partial charge on any atom is 0.320 e. The number of carbonyl (C=O) groups excluding carboxylic acids is 1. The maximum atomic E-state index is 11.1. The number of aromatic nitrogens is 2. The predicted molar refractivity (Wildman–Crippen MR) is 54.3 cm³/mol. The van der Waals surface area contributed by atoms with Crippen molar-refractivity contribution in [3.05, 3.63) is 29.9 Å². The molecule has 0 atom stereocenters. The minimum atomic E-state index is -0.360. The highest BCUT2D eigenvalue weighted by molar-refractivity contribution is 6.29. The molecule has 1 aromatic rings. The zero-order valence-corrected chi connectivity index (χ0v) is 8.08. The van der Waals surface area contributed by atoms with Gasteiger partial charge in [-0.25, -0.2) is 4.79 Å². The fraction of sp³-hybridized carbons (Fsp3) is 0.125. The Morgan fingerprint density at radius 2 is 2.36 bits per heavy atom. The van der Waals surface area contributed by atoms with E-state index in [4.69, 9.17) is 11.6 Å². The molecular formula is C8H9ClN4O. The highest BCUT2D eigenvalue weighted by Gasteiger charge is 2.00. The normalized spacial score (nSPS) is 9.21. The second kappa shape index (κ2) is 5.18. The SMILES string of the molecule is C=CCNC(=O)Nc1ccc(Cl)nn1. The molecule has 0 radical (unpaired) electrons. The van der Waals surface area contributed by atoms with Gasteiger partial charge in [0.15, 0.2) is 11.0 Å². The van der Waals surface area contributed by atoms with Gasteiger partial charge in [0.2, 0.25) is 0 Å². The Morgan fingerprint density at radius 1 is 1.57 bits per heavy atom. The second-order valence-electron chi connectivity index (χ2n) is 2.36. The van der Waals surface area contributed by atoms with Gasteiger partial charge >= 0.3 is 6.03 Å². The molecule has 6 heteroatoms. The number of hydrogen-bond acceptors (Lipinski definition) is 3. The van der Waals surface area contributed by atoms with Crippen LogP contribution < -0.4 is 10.6 Å². The number of halogens is 1. The lowest BCUT2D eigenvalue weighted by Crippen LogP contribution is -2.29. The lowest BCUT2D eigenvalue weighted by Gasteiger charge is -2.03. The molecule has 0 aromatic carbocycles. The van der Waals surface area contributed by atoms with Gasteiger partial charge in [-0.15, -0.1) is 16.8 Å². The van der Waals surface area contributed by atoms with E-state index in [2.05, 4.69) is 27.4 Å². The summed E-state index contributed by atoms with van der Waals surface area (Å²) in [6.07, 6.45) is 1.58. The summed E-state index contributed by atoms with van der Waals surface area (Å²) in [5.41, 5.74) is 0. The Labute approximate surface area is 86.2 Å². The van der Waals surface area contributed by atoms with Crippen LogP contribution in [-0.4, -0.2) is 22.8 Å². The summed E-state index contributed by atoms with van der Waals surface area (Å²) in [7, 11) is 0. The lowest BCUT2D eigenvalue weighted by molar-refractivity contribution is 0.253. The summed E-state index contributed by atoms with van der Waals surface area (Å²) in [6.45, 7) is 3.86. The summed E-state index contributed by atoms with van der Waals surface area (Å²) in [6, 6.07) is 2.74. The van der Waals surface area contributed by atoms with Crippen molar-refractivity contribution >= 4 is 23.4 Å². The Hall–Kier alpha value is -1.62. The Kier molecular flexibility index (Phi) is 3.87. The van der Waals surface area contributed by atoms with Crippen molar-refractivity contribution in [1.29, 1.82) is 0 Å². The monoisotopic (exact) mass is 212 g/mol. The molecule has 0 aliphatic rings. The van der Waals surface area contributed by atoms with Crippen LogP contribution in [0.1, 0.15) is 0 Å². The molecule has 74 valence electrons. The first kappa shape index (κ1) is 10.5. The van der Waals surface area contributed by atoms with Crippen LogP contribution in [0.3, 0.4) is 0 Å². The summed E-state index contributed by atoms with van der Waals surface area (Å²) < 4.78 is 0. The van der Waals surface area contributed by atoms with Gasteiger partial charge in [0.1, 0.15) is 0 Å². The molecule has 1 rings (SSSR count). The molecule has 14 heavy (non-hydrogen) atoms. The van der Waals surface area contributed by atoms with Crippen LogP contribution in [0.15, 0.2) is 24.8 Å². The van der Waals surface area contributed by atoms with Crippen molar-refractivity contribution in [3.8, 4) is 0 Å². The molecule has 2 amide bonds. The van der Waals surface area contributed by atoms with E-state index in [1.54, 1.807) is 12.1 Å². The van der Waals surface area contributed by atoms with Crippen LogP contribution in [0.4, 0.5) is 10.6 Å². The maximum absolute atomic E-state index is 11.1. The van der Waals surface area contributed by atoms with Crippen molar-refractivity contribution in [3.63, 3.8) is 0 Å². The number of anilines is 1. The summed E-state index contributed by atoms with van der Waals surface area (Å²) in [4.78, 5) is 11.1. The molecule has 0 spiro atoms. The average molecular weight is 213 g/mol.